The lowest BCUT2D eigenvalue weighted by Crippen LogP contribution is -2.26. The maximum atomic E-state index is 10.7. The van der Waals surface area contributed by atoms with Gasteiger partial charge in [-0.1, -0.05) is 12.2 Å². The Morgan fingerprint density at radius 2 is 1.92 bits per heavy atom. The van der Waals surface area contributed by atoms with Gasteiger partial charge in [0.1, 0.15) is 0 Å². The molecule has 1 saturated heterocycles. The Kier molecular flexibility index (Phi) is 1.59. The topological polar surface area (TPSA) is 64.6 Å². The molecule has 0 saturated carbocycles. The van der Waals surface area contributed by atoms with E-state index in [4.69, 9.17) is 8.37 Å². The SMILES string of the molecule is O=C1OS2(CC=CCN2)OC1=O. The first-order valence-corrected chi connectivity index (χ1v) is 5.05. The van der Waals surface area contributed by atoms with Gasteiger partial charge in [-0.25, -0.2) is 9.59 Å². The van der Waals surface area contributed by atoms with Crippen molar-refractivity contribution < 1.29 is 18.0 Å². The highest BCUT2D eigenvalue weighted by molar-refractivity contribution is 8.25. The van der Waals surface area contributed by atoms with Crippen LogP contribution in [0.25, 0.3) is 0 Å². The quantitative estimate of drug-likeness (QED) is 0.422. The summed E-state index contributed by atoms with van der Waals surface area (Å²) in [6.07, 6.45) is 3.72. The first kappa shape index (κ1) is 7.63. The van der Waals surface area contributed by atoms with Crippen molar-refractivity contribution in [1.29, 1.82) is 0 Å². The van der Waals surface area contributed by atoms with Gasteiger partial charge in [-0.2, -0.15) is 4.72 Å². The molecule has 12 heavy (non-hydrogen) atoms. The molecule has 5 nitrogen and oxygen atoms in total. The lowest BCUT2D eigenvalue weighted by atomic mass is 10.5. The standard InChI is InChI=1S/C6H7NO4S/c8-5-6(9)11-12(10-5)4-2-1-3-7-12/h1-2,7H,3-4H2. The van der Waals surface area contributed by atoms with E-state index < -0.39 is 22.7 Å². The van der Waals surface area contributed by atoms with Crippen molar-refractivity contribution in [3.8, 4) is 0 Å². The highest BCUT2D eigenvalue weighted by atomic mass is 32.3. The molecule has 0 aromatic rings. The molecule has 0 aliphatic carbocycles. The monoisotopic (exact) mass is 189 g/mol. The zero-order valence-corrected chi connectivity index (χ0v) is 6.93. The van der Waals surface area contributed by atoms with E-state index in [0.717, 1.165) is 0 Å². The fourth-order valence-electron chi connectivity index (χ4n) is 0.969. The summed E-state index contributed by atoms with van der Waals surface area (Å²) < 4.78 is 12.5. The molecule has 0 aromatic heterocycles. The molecule has 0 bridgehead atoms. The van der Waals surface area contributed by atoms with Crippen molar-refractivity contribution in [2.45, 2.75) is 0 Å². The molecule has 2 aliphatic heterocycles. The minimum absolute atomic E-state index is 0.449. The molecule has 2 heterocycles. The number of nitrogens with one attached hydrogen (secondary N) is 1. The summed E-state index contributed by atoms with van der Waals surface area (Å²) in [6.45, 7) is 0.565. The van der Waals surface area contributed by atoms with Gasteiger partial charge in [0.2, 0.25) is 0 Å². The van der Waals surface area contributed by atoms with Gasteiger partial charge in [-0.15, -0.1) is 0 Å². The molecular weight excluding hydrogens is 182 g/mol. The van der Waals surface area contributed by atoms with Gasteiger partial charge < -0.3 is 8.37 Å². The third-order valence-electron chi connectivity index (χ3n) is 1.49. The third kappa shape index (κ3) is 1.09. The molecule has 0 aromatic carbocycles. The van der Waals surface area contributed by atoms with E-state index in [1.165, 1.54) is 0 Å². The summed E-state index contributed by atoms with van der Waals surface area (Å²) >= 11 is 0. The van der Waals surface area contributed by atoms with Crippen molar-refractivity contribution in [1.82, 2.24) is 4.72 Å². The first-order chi connectivity index (χ1) is 5.72. The molecule has 1 N–H and O–H groups in total. The molecule has 0 atom stereocenters. The summed E-state index contributed by atoms with van der Waals surface area (Å²) in [6, 6.07) is 0. The van der Waals surface area contributed by atoms with Gasteiger partial charge >= 0.3 is 11.9 Å². The summed E-state index contributed by atoms with van der Waals surface area (Å²) in [7, 11) is -2.10. The number of hydrogen-bond acceptors (Lipinski definition) is 5. The van der Waals surface area contributed by atoms with E-state index in [2.05, 4.69) is 4.72 Å². The normalized spacial score (nSPS) is 28.3. The van der Waals surface area contributed by atoms with Crippen LogP contribution in [0.3, 0.4) is 0 Å². The van der Waals surface area contributed by atoms with Crippen molar-refractivity contribution in [3.05, 3.63) is 12.2 Å². The molecule has 2 aliphatic rings. The third-order valence-corrected chi connectivity index (χ3v) is 3.57. The van der Waals surface area contributed by atoms with E-state index in [-0.39, 0.29) is 0 Å². The maximum absolute atomic E-state index is 10.7. The molecule has 0 radical (unpaired) electrons. The maximum Gasteiger partial charge on any atom is 0.442 e. The van der Waals surface area contributed by atoms with Crippen LogP contribution in [0.15, 0.2) is 12.2 Å². The Bertz CT molecular complexity index is 259. The van der Waals surface area contributed by atoms with E-state index in [0.29, 0.717) is 12.3 Å². The molecule has 6 heteroatoms. The number of rotatable bonds is 0. The second-order valence-electron chi connectivity index (χ2n) is 2.34. The minimum atomic E-state index is -2.10. The Hall–Kier alpha value is -1.01. The predicted octanol–water partition coefficient (Wildman–Crippen LogP) is -0.205. The average Bonchev–Trinajstić information content (AvgIpc) is 2.29. The van der Waals surface area contributed by atoms with Gasteiger partial charge in [-0.3, -0.25) is 0 Å². The van der Waals surface area contributed by atoms with Gasteiger partial charge in [-0.05, 0) is 10.8 Å². The van der Waals surface area contributed by atoms with E-state index in [1.54, 1.807) is 0 Å². The highest BCUT2D eigenvalue weighted by Gasteiger charge is 2.41. The van der Waals surface area contributed by atoms with Crippen molar-refractivity contribution >= 4 is 22.7 Å². The smallest absolute Gasteiger partial charge is 0.319 e. The highest BCUT2D eigenvalue weighted by Crippen LogP contribution is 2.51. The number of carbonyl (C=O) groups is 2. The Labute approximate surface area is 70.6 Å². The second kappa shape index (κ2) is 2.49. The fourth-order valence-corrected chi connectivity index (χ4v) is 2.74. The lowest BCUT2D eigenvalue weighted by Gasteiger charge is -2.36. The second-order valence-corrected chi connectivity index (χ2v) is 4.53. The summed E-state index contributed by atoms with van der Waals surface area (Å²) in [4.78, 5) is 21.4. The molecular formula is C6H7NO4S. The van der Waals surface area contributed by atoms with Gasteiger partial charge in [0.25, 0.3) is 0 Å². The van der Waals surface area contributed by atoms with Gasteiger partial charge in [0.05, 0.1) is 5.75 Å². The fraction of sp³-hybridized carbons (Fsp3) is 0.333. The largest absolute Gasteiger partial charge is 0.442 e. The summed E-state index contributed by atoms with van der Waals surface area (Å²) in [5.41, 5.74) is 0. The van der Waals surface area contributed by atoms with Crippen LogP contribution in [-0.2, 0) is 18.0 Å². The zero-order valence-electron chi connectivity index (χ0n) is 6.11. The average molecular weight is 189 g/mol. The van der Waals surface area contributed by atoms with Crippen LogP contribution in [0.2, 0.25) is 0 Å². The van der Waals surface area contributed by atoms with Gasteiger partial charge in [0.15, 0.2) is 0 Å². The molecule has 2 rings (SSSR count). The van der Waals surface area contributed by atoms with Crippen LogP contribution >= 0.6 is 10.8 Å². The molecule has 66 valence electrons. The summed E-state index contributed by atoms with van der Waals surface area (Å²) in [5, 5.41) is 0. The lowest BCUT2D eigenvalue weighted by molar-refractivity contribution is -0.150. The number of carbonyl (C=O) groups excluding carboxylic acids is 2. The van der Waals surface area contributed by atoms with Crippen molar-refractivity contribution in [2.75, 3.05) is 12.3 Å². The molecule has 1 fully saturated rings. The Morgan fingerprint density at radius 1 is 1.25 bits per heavy atom. The van der Waals surface area contributed by atoms with Crippen molar-refractivity contribution in [2.24, 2.45) is 0 Å². The van der Waals surface area contributed by atoms with E-state index in [9.17, 15) is 9.59 Å². The summed E-state index contributed by atoms with van der Waals surface area (Å²) in [5.74, 6) is -1.34. The first-order valence-electron chi connectivity index (χ1n) is 3.40. The van der Waals surface area contributed by atoms with Crippen LogP contribution in [0.4, 0.5) is 0 Å². The molecule has 0 amide bonds. The zero-order chi connectivity index (χ0) is 8.60. The number of hydrogen-bond donors (Lipinski definition) is 1. The van der Waals surface area contributed by atoms with E-state index in [1.807, 2.05) is 12.2 Å². The van der Waals surface area contributed by atoms with Crippen LogP contribution < -0.4 is 4.72 Å². The Morgan fingerprint density at radius 3 is 2.42 bits per heavy atom. The van der Waals surface area contributed by atoms with Crippen LogP contribution in [0, 0.1) is 0 Å². The van der Waals surface area contributed by atoms with Crippen LogP contribution in [0.1, 0.15) is 0 Å². The predicted molar refractivity (Wildman–Crippen MR) is 41.8 cm³/mol. The molecule has 0 unspecified atom stereocenters. The van der Waals surface area contributed by atoms with Crippen LogP contribution in [0.5, 0.6) is 0 Å². The van der Waals surface area contributed by atoms with E-state index >= 15 is 0 Å². The Balaban J connectivity index is 2.19. The van der Waals surface area contributed by atoms with Crippen LogP contribution in [-0.4, -0.2) is 24.2 Å². The molecule has 1 spiro atoms. The van der Waals surface area contributed by atoms with Gasteiger partial charge in [0, 0.05) is 6.54 Å². The minimum Gasteiger partial charge on any atom is -0.319 e. The van der Waals surface area contributed by atoms with Crippen molar-refractivity contribution in [3.63, 3.8) is 0 Å².